The van der Waals surface area contributed by atoms with Crippen LogP contribution < -0.4 is 10.1 Å². The number of ether oxygens (including phenoxy) is 1. The maximum absolute atomic E-state index is 13.0. The van der Waals surface area contributed by atoms with E-state index in [4.69, 9.17) is 9.72 Å². The summed E-state index contributed by atoms with van der Waals surface area (Å²) in [4.78, 5) is 21.5. The number of para-hydroxylation sites is 2. The van der Waals surface area contributed by atoms with Crippen molar-refractivity contribution in [2.75, 3.05) is 6.61 Å². The summed E-state index contributed by atoms with van der Waals surface area (Å²) >= 11 is 0. The number of fused-ring (bicyclic) bond motifs is 4. The van der Waals surface area contributed by atoms with Crippen LogP contribution in [0.15, 0.2) is 42.5 Å². The van der Waals surface area contributed by atoms with Crippen LogP contribution in [0.2, 0.25) is 0 Å². The number of rotatable bonds is 3. The molecule has 1 aromatic heterocycles. The molecule has 0 saturated heterocycles. The van der Waals surface area contributed by atoms with Gasteiger partial charge in [0.2, 0.25) is 0 Å². The van der Waals surface area contributed by atoms with Crippen molar-refractivity contribution in [3.8, 4) is 5.75 Å². The van der Waals surface area contributed by atoms with Gasteiger partial charge in [0.05, 0.1) is 17.6 Å². The van der Waals surface area contributed by atoms with Crippen molar-refractivity contribution in [3.05, 3.63) is 59.4 Å². The lowest BCUT2D eigenvalue weighted by Crippen LogP contribution is -2.66. The molecular weight excluding hydrogens is 386 g/mol. The Balaban J connectivity index is 0.000000994. The van der Waals surface area contributed by atoms with Crippen LogP contribution in [-0.4, -0.2) is 28.0 Å². The monoisotopic (exact) mass is 417 g/mol. The summed E-state index contributed by atoms with van der Waals surface area (Å²) < 4.78 is 5.68. The number of amides is 1. The zero-order chi connectivity index (χ0) is 21.5. The number of carbonyl (C=O) groups is 1. The molecule has 3 saturated carbocycles. The Morgan fingerprint density at radius 1 is 1.10 bits per heavy atom. The summed E-state index contributed by atoms with van der Waals surface area (Å²) in [6, 6.07) is 14.1. The Hall–Kier alpha value is -2.82. The minimum absolute atomic E-state index is 0.0403. The number of H-pyrrole nitrogens is 1. The van der Waals surface area contributed by atoms with E-state index in [0.29, 0.717) is 0 Å². The van der Waals surface area contributed by atoms with Crippen LogP contribution in [-0.2, 0) is 11.8 Å². The maximum Gasteiger partial charge on any atom is 0.251 e. The summed E-state index contributed by atoms with van der Waals surface area (Å²) in [7, 11) is 0. The van der Waals surface area contributed by atoms with Crippen molar-refractivity contribution in [1.29, 1.82) is 0 Å². The maximum atomic E-state index is 13.0. The van der Waals surface area contributed by atoms with Crippen molar-refractivity contribution in [1.82, 2.24) is 15.3 Å². The highest BCUT2D eigenvalue weighted by Crippen LogP contribution is 2.58. The molecule has 1 amide bonds. The van der Waals surface area contributed by atoms with E-state index in [9.17, 15) is 4.79 Å². The summed E-state index contributed by atoms with van der Waals surface area (Å²) in [5.74, 6) is 2.06. The Labute approximate surface area is 183 Å². The van der Waals surface area contributed by atoms with Crippen LogP contribution in [0.5, 0.6) is 5.75 Å². The van der Waals surface area contributed by atoms with Gasteiger partial charge in [-0.25, -0.2) is 4.98 Å². The predicted molar refractivity (Wildman–Crippen MR) is 123 cm³/mol. The highest BCUT2D eigenvalue weighted by molar-refractivity contribution is 5.95. The highest BCUT2D eigenvalue weighted by atomic mass is 16.5. The van der Waals surface area contributed by atoms with Gasteiger partial charge in [-0.2, -0.15) is 0 Å². The molecule has 4 aliphatic rings. The van der Waals surface area contributed by atoms with Gasteiger partial charge >= 0.3 is 0 Å². The average molecular weight is 418 g/mol. The van der Waals surface area contributed by atoms with Crippen LogP contribution in [0, 0.1) is 0 Å². The van der Waals surface area contributed by atoms with Crippen molar-refractivity contribution < 1.29 is 9.53 Å². The fourth-order valence-electron chi connectivity index (χ4n) is 5.82. The molecule has 2 bridgehead atoms. The lowest BCUT2D eigenvalue weighted by molar-refractivity contribution is 0.00533. The summed E-state index contributed by atoms with van der Waals surface area (Å²) in [5, 5.41) is 3.39. The molecule has 7 rings (SSSR count). The van der Waals surface area contributed by atoms with Gasteiger partial charge in [-0.3, -0.25) is 4.79 Å². The minimum atomic E-state index is -0.0965. The molecule has 5 nitrogen and oxygen atoms in total. The van der Waals surface area contributed by atoms with Crippen LogP contribution in [0.3, 0.4) is 0 Å². The topological polar surface area (TPSA) is 67.0 Å². The summed E-state index contributed by atoms with van der Waals surface area (Å²) in [5.41, 5.74) is 4.00. The lowest BCUT2D eigenvalue weighted by atomic mass is 9.49. The van der Waals surface area contributed by atoms with E-state index < -0.39 is 0 Å². The smallest absolute Gasteiger partial charge is 0.251 e. The van der Waals surface area contributed by atoms with Crippen molar-refractivity contribution in [2.24, 2.45) is 0 Å². The second-order valence-corrected chi connectivity index (χ2v) is 9.10. The number of aryl methyl sites for hydroxylation is 1. The Bertz CT molecular complexity index is 1080. The summed E-state index contributed by atoms with van der Waals surface area (Å²) in [6.07, 6.45) is 7.25. The molecule has 0 spiro atoms. The van der Waals surface area contributed by atoms with E-state index in [0.717, 1.165) is 85.3 Å². The first-order chi connectivity index (χ1) is 15.1. The van der Waals surface area contributed by atoms with Gasteiger partial charge in [-0.1, -0.05) is 32.4 Å². The van der Waals surface area contributed by atoms with Gasteiger partial charge < -0.3 is 15.0 Å². The molecule has 3 aliphatic carbocycles. The van der Waals surface area contributed by atoms with Gasteiger partial charge in [0.15, 0.2) is 0 Å². The molecule has 2 N–H and O–H groups in total. The zero-order valence-corrected chi connectivity index (χ0v) is 18.5. The van der Waals surface area contributed by atoms with Crippen molar-refractivity contribution in [2.45, 2.75) is 69.7 Å². The number of aromatic nitrogens is 2. The Morgan fingerprint density at radius 2 is 1.94 bits per heavy atom. The SMILES string of the molecule is CC.O=C(NC12CCCC(c3nc4ccccc4[nH]3)(C1)C2)c1ccc2c(c1)CCCO2. The number of imidazole rings is 1. The quantitative estimate of drug-likeness (QED) is 0.608. The fraction of sp³-hybridized carbons (Fsp3) is 0.462. The van der Waals surface area contributed by atoms with Crippen molar-refractivity contribution >= 4 is 16.9 Å². The molecule has 3 fully saturated rings. The molecule has 5 heteroatoms. The largest absolute Gasteiger partial charge is 0.493 e. The number of nitrogens with one attached hydrogen (secondary N) is 2. The molecular formula is C26H31N3O2. The molecule has 1 aliphatic heterocycles. The first-order valence-electron chi connectivity index (χ1n) is 11.7. The third-order valence-electron chi connectivity index (χ3n) is 7.11. The van der Waals surface area contributed by atoms with E-state index in [1.54, 1.807) is 0 Å². The second-order valence-electron chi connectivity index (χ2n) is 9.10. The van der Waals surface area contributed by atoms with Crippen LogP contribution >= 0.6 is 0 Å². The highest BCUT2D eigenvalue weighted by Gasteiger charge is 2.60. The fourth-order valence-corrected chi connectivity index (χ4v) is 5.82. The Morgan fingerprint density at radius 3 is 2.77 bits per heavy atom. The lowest BCUT2D eigenvalue weighted by Gasteiger charge is -2.60. The van der Waals surface area contributed by atoms with Gasteiger partial charge in [0.1, 0.15) is 11.6 Å². The minimum Gasteiger partial charge on any atom is -0.493 e. The van der Waals surface area contributed by atoms with Gasteiger partial charge in [-0.05, 0) is 74.4 Å². The van der Waals surface area contributed by atoms with Crippen LogP contribution in [0.4, 0.5) is 0 Å². The van der Waals surface area contributed by atoms with Crippen LogP contribution in [0.1, 0.15) is 74.1 Å². The third-order valence-corrected chi connectivity index (χ3v) is 7.11. The number of benzene rings is 2. The molecule has 3 aromatic rings. The number of aromatic amines is 1. The Kier molecular flexibility index (Phi) is 4.99. The van der Waals surface area contributed by atoms with Gasteiger partial charge in [0, 0.05) is 16.5 Å². The van der Waals surface area contributed by atoms with E-state index in [2.05, 4.69) is 22.4 Å². The first kappa shape index (κ1) is 20.1. The molecule has 162 valence electrons. The van der Waals surface area contributed by atoms with Crippen LogP contribution in [0.25, 0.3) is 11.0 Å². The second kappa shape index (κ2) is 7.70. The van der Waals surface area contributed by atoms with Gasteiger partial charge in [-0.15, -0.1) is 0 Å². The predicted octanol–water partition coefficient (Wildman–Crippen LogP) is 5.30. The first-order valence-corrected chi connectivity index (χ1v) is 11.7. The third kappa shape index (κ3) is 3.40. The molecule has 2 heterocycles. The molecule has 0 atom stereocenters. The van der Waals surface area contributed by atoms with E-state index in [1.807, 2.05) is 44.2 Å². The van der Waals surface area contributed by atoms with E-state index >= 15 is 0 Å². The number of hydrogen-bond acceptors (Lipinski definition) is 3. The number of hydrogen-bond donors (Lipinski definition) is 2. The molecule has 31 heavy (non-hydrogen) atoms. The van der Waals surface area contributed by atoms with Crippen molar-refractivity contribution in [3.63, 3.8) is 0 Å². The molecule has 0 radical (unpaired) electrons. The normalized spacial score (nSPS) is 26.0. The molecule has 0 unspecified atom stereocenters. The number of nitrogens with zero attached hydrogens (tertiary/aromatic N) is 1. The summed E-state index contributed by atoms with van der Waals surface area (Å²) in [6.45, 7) is 4.77. The zero-order valence-electron chi connectivity index (χ0n) is 18.5. The average Bonchev–Trinajstić information content (AvgIpc) is 3.25. The standard InChI is InChI=1S/C24H25N3O2.C2H6/c28-21(17-8-9-20-16(13-17)5-3-12-29-20)27-24-11-4-10-23(14-24,15-24)22-25-18-6-1-2-7-19(18)26-22;1-2/h1-2,6-9,13H,3-5,10-12,14-15H2,(H,25,26)(H,27,28);1-2H3. The van der Waals surface area contributed by atoms with Gasteiger partial charge in [0.25, 0.3) is 5.91 Å². The van der Waals surface area contributed by atoms with E-state index in [1.165, 1.54) is 0 Å². The van der Waals surface area contributed by atoms with E-state index in [-0.39, 0.29) is 16.9 Å². The number of carbonyl (C=O) groups excluding carboxylic acids is 1. The molecule has 2 aromatic carbocycles.